The summed E-state index contributed by atoms with van der Waals surface area (Å²) in [4.78, 5) is 0. The minimum atomic E-state index is -0.355. The second kappa shape index (κ2) is 10.6. The molecule has 0 saturated carbocycles. The first-order chi connectivity index (χ1) is 8.24. The van der Waals surface area contributed by atoms with E-state index in [1.165, 1.54) is 38.5 Å². The molecule has 0 aliphatic carbocycles. The third-order valence-electron chi connectivity index (χ3n) is 3.20. The van der Waals surface area contributed by atoms with E-state index in [1.807, 2.05) is 34.9 Å². The van der Waals surface area contributed by atoms with E-state index in [0.717, 1.165) is 12.8 Å². The van der Waals surface area contributed by atoms with E-state index in [-0.39, 0.29) is 23.2 Å². The Kier molecular flexibility index (Phi) is 10.4. The van der Waals surface area contributed by atoms with Crippen molar-refractivity contribution >= 4 is 0 Å². The molecule has 106 valence electrons. The zero-order valence-corrected chi connectivity index (χ0v) is 13.3. The number of imidazole rings is 1. The molecule has 1 N–H and O–H groups in total. The van der Waals surface area contributed by atoms with Gasteiger partial charge in [0.2, 0.25) is 6.33 Å². The maximum Gasteiger partial charge on any atom is 0.245 e. The lowest BCUT2D eigenvalue weighted by atomic mass is 10.1. The monoisotopic (exact) mass is 318 g/mol. The summed E-state index contributed by atoms with van der Waals surface area (Å²) in [6, 6.07) is 0. The van der Waals surface area contributed by atoms with Crippen LogP contribution in [-0.4, -0.2) is 9.67 Å². The maximum atomic E-state index is 9.92. The predicted octanol–water partition coefficient (Wildman–Crippen LogP) is -0.0518. The lowest BCUT2D eigenvalue weighted by molar-refractivity contribution is -0.671. The highest BCUT2D eigenvalue weighted by atomic mass is 79.9. The first-order valence-corrected chi connectivity index (χ1v) is 6.95. The Balaban J connectivity index is 0.00000289. The molecule has 3 nitrogen and oxygen atoms in total. The molecule has 0 aromatic carbocycles. The van der Waals surface area contributed by atoms with Crippen LogP contribution in [0.15, 0.2) is 18.7 Å². The van der Waals surface area contributed by atoms with Crippen LogP contribution < -0.4 is 21.5 Å². The average Bonchev–Trinajstić information content (AvgIpc) is 2.74. The molecule has 0 saturated heterocycles. The third-order valence-corrected chi connectivity index (χ3v) is 3.20. The van der Waals surface area contributed by atoms with Gasteiger partial charge in [0.15, 0.2) is 6.23 Å². The average molecular weight is 319 g/mol. The zero-order valence-electron chi connectivity index (χ0n) is 11.7. The first-order valence-electron chi connectivity index (χ1n) is 6.95. The van der Waals surface area contributed by atoms with Crippen molar-refractivity contribution < 1.29 is 26.7 Å². The van der Waals surface area contributed by atoms with E-state index in [2.05, 4.69) is 6.92 Å². The minimum absolute atomic E-state index is 0. The Morgan fingerprint density at radius 2 is 1.72 bits per heavy atom. The summed E-state index contributed by atoms with van der Waals surface area (Å²) in [7, 11) is 1.97. The molecule has 4 heteroatoms. The van der Waals surface area contributed by atoms with E-state index in [9.17, 15) is 5.11 Å². The van der Waals surface area contributed by atoms with Gasteiger partial charge in [-0.25, -0.2) is 9.13 Å². The highest BCUT2D eigenvalue weighted by Gasteiger charge is 2.11. The summed E-state index contributed by atoms with van der Waals surface area (Å²) in [5.41, 5.74) is 0. The SMILES string of the molecule is CCCCCCCCCC(O)n1cc[n+](C)c1.[Br-]. The van der Waals surface area contributed by atoms with E-state index < -0.39 is 0 Å². The van der Waals surface area contributed by atoms with Gasteiger partial charge in [-0.15, -0.1) is 0 Å². The van der Waals surface area contributed by atoms with Crippen LogP contribution in [0, 0.1) is 0 Å². The smallest absolute Gasteiger partial charge is 0.245 e. The van der Waals surface area contributed by atoms with E-state index >= 15 is 0 Å². The quantitative estimate of drug-likeness (QED) is 0.502. The van der Waals surface area contributed by atoms with Gasteiger partial charge in [-0.3, -0.25) is 0 Å². The van der Waals surface area contributed by atoms with Crippen molar-refractivity contribution in [1.29, 1.82) is 0 Å². The van der Waals surface area contributed by atoms with Crippen molar-refractivity contribution in [3.05, 3.63) is 18.7 Å². The summed E-state index contributed by atoms with van der Waals surface area (Å²) < 4.78 is 3.82. The van der Waals surface area contributed by atoms with Crippen LogP contribution in [0.1, 0.15) is 64.5 Å². The fourth-order valence-electron chi connectivity index (χ4n) is 2.08. The zero-order chi connectivity index (χ0) is 12.5. The number of aryl methyl sites for hydroxylation is 1. The van der Waals surface area contributed by atoms with Crippen LogP contribution in [0.25, 0.3) is 0 Å². The predicted molar refractivity (Wildman–Crippen MR) is 69.5 cm³/mol. The Bertz CT molecular complexity index is 302. The molecule has 0 aliphatic heterocycles. The molecule has 0 fully saturated rings. The number of aliphatic hydroxyl groups is 1. The van der Waals surface area contributed by atoms with Crippen molar-refractivity contribution in [2.75, 3.05) is 0 Å². The molecule has 0 amide bonds. The van der Waals surface area contributed by atoms with Crippen LogP contribution in [0.2, 0.25) is 0 Å². The van der Waals surface area contributed by atoms with Crippen LogP contribution >= 0.6 is 0 Å². The van der Waals surface area contributed by atoms with Gasteiger partial charge in [0.25, 0.3) is 0 Å². The molecule has 0 radical (unpaired) electrons. The van der Waals surface area contributed by atoms with Gasteiger partial charge < -0.3 is 22.1 Å². The largest absolute Gasteiger partial charge is 1.00 e. The first kappa shape index (κ1) is 17.6. The number of aromatic nitrogens is 2. The second-order valence-corrected chi connectivity index (χ2v) is 4.92. The van der Waals surface area contributed by atoms with Gasteiger partial charge in [0, 0.05) is 6.42 Å². The van der Waals surface area contributed by atoms with Gasteiger partial charge in [-0.2, -0.15) is 0 Å². The molecule has 1 heterocycles. The summed E-state index contributed by atoms with van der Waals surface area (Å²) in [6.07, 6.45) is 15.4. The van der Waals surface area contributed by atoms with E-state index in [4.69, 9.17) is 0 Å². The standard InChI is InChI=1S/C14H27N2O.BrH/c1-3-4-5-6-7-8-9-10-14(17)16-12-11-15(2)13-16;/h11-14,17H,3-10H2,1-2H3;1H/q+1;/p-1. The van der Waals surface area contributed by atoms with Crippen molar-refractivity contribution in [2.45, 2.75) is 64.5 Å². The van der Waals surface area contributed by atoms with Gasteiger partial charge in [0.05, 0.1) is 7.05 Å². The molecule has 1 unspecified atom stereocenters. The summed E-state index contributed by atoms with van der Waals surface area (Å²) in [5, 5.41) is 9.92. The fraction of sp³-hybridized carbons (Fsp3) is 0.786. The Morgan fingerprint density at radius 3 is 2.28 bits per heavy atom. The number of hydrogen-bond donors (Lipinski definition) is 1. The molecular weight excluding hydrogens is 292 g/mol. The number of aliphatic hydroxyl groups excluding tert-OH is 1. The minimum Gasteiger partial charge on any atom is -1.00 e. The number of unbranched alkanes of at least 4 members (excludes halogenated alkanes) is 6. The van der Waals surface area contributed by atoms with Crippen LogP contribution in [0.5, 0.6) is 0 Å². The highest BCUT2D eigenvalue weighted by molar-refractivity contribution is 4.69. The van der Waals surface area contributed by atoms with E-state index in [0.29, 0.717) is 0 Å². The summed E-state index contributed by atoms with van der Waals surface area (Å²) in [6.45, 7) is 2.24. The number of halogens is 1. The van der Waals surface area contributed by atoms with Gasteiger partial charge in [-0.05, 0) is 6.42 Å². The Morgan fingerprint density at radius 1 is 1.11 bits per heavy atom. The third kappa shape index (κ3) is 7.17. The van der Waals surface area contributed by atoms with Crippen LogP contribution in [0.3, 0.4) is 0 Å². The molecule has 1 aromatic rings. The molecular formula is C14H27BrN2O. The Labute approximate surface area is 122 Å². The van der Waals surface area contributed by atoms with Crippen molar-refractivity contribution in [3.63, 3.8) is 0 Å². The van der Waals surface area contributed by atoms with Crippen molar-refractivity contribution in [1.82, 2.24) is 4.57 Å². The maximum absolute atomic E-state index is 9.92. The Hall–Kier alpha value is -0.350. The van der Waals surface area contributed by atoms with E-state index in [1.54, 1.807) is 0 Å². The van der Waals surface area contributed by atoms with Crippen molar-refractivity contribution in [2.24, 2.45) is 7.05 Å². The summed E-state index contributed by atoms with van der Waals surface area (Å²) >= 11 is 0. The molecule has 1 rings (SSSR count). The number of rotatable bonds is 9. The molecule has 1 aromatic heterocycles. The van der Waals surface area contributed by atoms with Crippen molar-refractivity contribution in [3.8, 4) is 0 Å². The summed E-state index contributed by atoms with van der Waals surface area (Å²) in [5.74, 6) is 0. The lowest BCUT2D eigenvalue weighted by Crippen LogP contribution is -3.00. The van der Waals surface area contributed by atoms with Gasteiger partial charge in [0.1, 0.15) is 12.4 Å². The second-order valence-electron chi connectivity index (χ2n) is 4.92. The molecule has 0 aliphatic rings. The van der Waals surface area contributed by atoms with Crippen LogP contribution in [-0.2, 0) is 7.05 Å². The molecule has 18 heavy (non-hydrogen) atoms. The lowest BCUT2D eigenvalue weighted by Gasteiger charge is -2.06. The number of hydrogen-bond acceptors (Lipinski definition) is 1. The fourth-order valence-corrected chi connectivity index (χ4v) is 2.08. The highest BCUT2D eigenvalue weighted by Crippen LogP contribution is 2.14. The van der Waals surface area contributed by atoms with Gasteiger partial charge in [-0.1, -0.05) is 45.4 Å². The molecule has 0 spiro atoms. The molecule has 1 atom stereocenters. The normalized spacial score (nSPS) is 12.2. The van der Waals surface area contributed by atoms with Crippen LogP contribution in [0.4, 0.5) is 0 Å². The number of nitrogens with zero attached hydrogens (tertiary/aromatic N) is 2. The molecule has 0 bridgehead atoms. The van der Waals surface area contributed by atoms with Gasteiger partial charge >= 0.3 is 0 Å². The topological polar surface area (TPSA) is 29.0 Å².